The van der Waals surface area contributed by atoms with E-state index >= 15 is 0 Å². The molecule has 1 amide bonds. The highest BCUT2D eigenvalue weighted by atomic mass is 19.1. The summed E-state index contributed by atoms with van der Waals surface area (Å²) >= 11 is 0. The molecule has 11 nitrogen and oxygen atoms in total. The summed E-state index contributed by atoms with van der Waals surface area (Å²) in [5.74, 6) is 0.739. The summed E-state index contributed by atoms with van der Waals surface area (Å²) in [4.78, 5) is 33.1. The molecular formula is C25H33FN8O3. The largest absolute Gasteiger partial charge is 0.379 e. The van der Waals surface area contributed by atoms with Crippen molar-refractivity contribution in [3.05, 3.63) is 46.5 Å². The van der Waals surface area contributed by atoms with Crippen LogP contribution in [0.25, 0.3) is 5.65 Å². The number of pyridine rings is 1. The molecule has 1 aliphatic heterocycles. The van der Waals surface area contributed by atoms with Gasteiger partial charge >= 0.3 is 0 Å². The number of aromatic nitrogens is 4. The average molecular weight is 513 g/mol. The van der Waals surface area contributed by atoms with Crippen LogP contribution >= 0.6 is 0 Å². The van der Waals surface area contributed by atoms with Crippen molar-refractivity contribution < 1.29 is 13.9 Å². The van der Waals surface area contributed by atoms with Gasteiger partial charge in [0.1, 0.15) is 29.6 Å². The van der Waals surface area contributed by atoms with Gasteiger partial charge in [-0.1, -0.05) is 0 Å². The molecule has 0 radical (unpaired) electrons. The predicted octanol–water partition coefficient (Wildman–Crippen LogP) is 2.19. The monoisotopic (exact) mass is 512 g/mol. The summed E-state index contributed by atoms with van der Waals surface area (Å²) in [7, 11) is 3.39. The topological polar surface area (TPSA) is 118 Å². The molecule has 3 aromatic rings. The number of amides is 1. The standard InChI is InChI=1S/C25H33FN8O3/c1-27-22-13-21(31-23-17(14-28-34(22)23)24(35)30-18-7-8-20(18)37-2)29-19-6-4-11-33(25(19)36)16-5-3-10-32(15-16)12-9-26/h4,6,11,13-14,16,18,20,27H,3,5,7-10,12,15H2,1-2H3,(H,29,31)(H,30,35)/t16-,18+,20+/m1/s1. The number of hydrogen-bond donors (Lipinski definition) is 3. The number of methoxy groups -OCH3 is 1. The molecule has 2 aliphatic rings. The lowest BCUT2D eigenvalue weighted by molar-refractivity contribution is 0.00732. The van der Waals surface area contributed by atoms with Crippen molar-refractivity contribution in [1.29, 1.82) is 0 Å². The molecule has 4 heterocycles. The van der Waals surface area contributed by atoms with Crippen LogP contribution in [0.15, 0.2) is 35.4 Å². The van der Waals surface area contributed by atoms with Gasteiger partial charge in [0.25, 0.3) is 11.5 Å². The quantitative estimate of drug-likeness (QED) is 0.400. The normalized spacial score (nSPS) is 22.0. The molecule has 3 atom stereocenters. The predicted molar refractivity (Wildman–Crippen MR) is 138 cm³/mol. The molecule has 3 N–H and O–H groups in total. The van der Waals surface area contributed by atoms with Gasteiger partial charge in [-0.2, -0.15) is 9.61 Å². The Kier molecular flexibility index (Phi) is 7.38. The lowest BCUT2D eigenvalue weighted by Crippen LogP contribution is -2.51. The second kappa shape index (κ2) is 10.9. The maximum atomic E-state index is 13.4. The number of ether oxygens (including phenoxy) is 1. The zero-order chi connectivity index (χ0) is 25.9. The summed E-state index contributed by atoms with van der Waals surface area (Å²) < 4.78 is 21.5. The molecule has 12 heteroatoms. The van der Waals surface area contributed by atoms with Crippen molar-refractivity contribution in [2.75, 3.05) is 51.1 Å². The van der Waals surface area contributed by atoms with E-state index in [1.165, 1.54) is 6.20 Å². The summed E-state index contributed by atoms with van der Waals surface area (Å²) in [6.07, 6.45) is 6.83. The zero-order valence-corrected chi connectivity index (χ0v) is 21.1. The van der Waals surface area contributed by atoms with Gasteiger partial charge < -0.3 is 25.3 Å². The molecule has 0 bridgehead atoms. The van der Waals surface area contributed by atoms with Crippen LogP contribution in [0.4, 0.5) is 21.7 Å². The van der Waals surface area contributed by atoms with Crippen LogP contribution in [-0.2, 0) is 4.74 Å². The molecule has 1 saturated heterocycles. The van der Waals surface area contributed by atoms with Crippen LogP contribution in [0.1, 0.15) is 42.1 Å². The number of alkyl halides is 1. The third-order valence-electron chi connectivity index (χ3n) is 7.31. The molecule has 3 aromatic heterocycles. The van der Waals surface area contributed by atoms with Gasteiger partial charge in [-0.05, 0) is 44.4 Å². The van der Waals surface area contributed by atoms with Crippen molar-refractivity contribution in [1.82, 2.24) is 29.4 Å². The Hall–Kier alpha value is -3.51. The van der Waals surface area contributed by atoms with E-state index in [0.29, 0.717) is 41.6 Å². The number of hydrogen-bond acceptors (Lipinski definition) is 8. The molecule has 1 aliphatic carbocycles. The van der Waals surface area contributed by atoms with Gasteiger partial charge in [0.2, 0.25) is 0 Å². The lowest BCUT2D eigenvalue weighted by Gasteiger charge is -2.35. The first-order valence-electron chi connectivity index (χ1n) is 12.7. The molecule has 1 saturated carbocycles. The van der Waals surface area contributed by atoms with Gasteiger partial charge in [-0.3, -0.25) is 14.5 Å². The van der Waals surface area contributed by atoms with Crippen LogP contribution in [0.2, 0.25) is 0 Å². The number of halogens is 1. The maximum absolute atomic E-state index is 13.4. The number of rotatable bonds is 9. The van der Waals surface area contributed by atoms with Crippen LogP contribution < -0.4 is 21.5 Å². The van der Waals surface area contributed by atoms with Crippen LogP contribution in [0.5, 0.6) is 0 Å². The molecule has 0 aromatic carbocycles. The van der Waals surface area contributed by atoms with Gasteiger partial charge in [-0.15, -0.1) is 0 Å². The van der Waals surface area contributed by atoms with E-state index in [-0.39, 0.29) is 29.7 Å². The average Bonchev–Trinajstić information content (AvgIpc) is 3.32. The first kappa shape index (κ1) is 25.2. The fourth-order valence-electron chi connectivity index (χ4n) is 5.14. The number of piperidine rings is 1. The Balaban J connectivity index is 1.41. The highest BCUT2D eigenvalue weighted by Gasteiger charge is 2.33. The summed E-state index contributed by atoms with van der Waals surface area (Å²) in [5, 5.41) is 13.6. The zero-order valence-electron chi connectivity index (χ0n) is 21.1. The third-order valence-corrected chi connectivity index (χ3v) is 7.31. The molecule has 0 spiro atoms. The fourth-order valence-corrected chi connectivity index (χ4v) is 5.14. The summed E-state index contributed by atoms with van der Waals surface area (Å²) in [6.45, 7) is 1.47. The van der Waals surface area contributed by atoms with E-state index < -0.39 is 6.67 Å². The van der Waals surface area contributed by atoms with E-state index in [0.717, 1.165) is 32.2 Å². The molecule has 37 heavy (non-hydrogen) atoms. The smallest absolute Gasteiger partial charge is 0.274 e. The van der Waals surface area contributed by atoms with Crippen molar-refractivity contribution >= 4 is 28.9 Å². The van der Waals surface area contributed by atoms with E-state index in [2.05, 4.69) is 30.9 Å². The number of likely N-dealkylation sites (tertiary alicyclic amines) is 1. The fraction of sp³-hybridized carbons (Fsp3) is 0.520. The highest BCUT2D eigenvalue weighted by molar-refractivity contribution is 6.00. The second-order valence-corrected chi connectivity index (χ2v) is 9.55. The van der Waals surface area contributed by atoms with Gasteiger partial charge in [0.15, 0.2) is 5.65 Å². The number of anilines is 3. The van der Waals surface area contributed by atoms with E-state index in [1.54, 1.807) is 41.6 Å². The number of nitrogens with one attached hydrogen (secondary N) is 3. The second-order valence-electron chi connectivity index (χ2n) is 9.55. The van der Waals surface area contributed by atoms with E-state index in [4.69, 9.17) is 4.74 Å². The molecule has 0 unspecified atom stereocenters. The SMILES string of the molecule is CNc1cc(Nc2cccn([C@@H]3CCCN(CCF)C3)c2=O)nc2c(C(=O)N[C@H]3CC[C@@H]3OC)cnn12. The highest BCUT2D eigenvalue weighted by Crippen LogP contribution is 2.25. The van der Waals surface area contributed by atoms with Crippen LogP contribution in [0, 0.1) is 0 Å². The van der Waals surface area contributed by atoms with Crippen molar-refractivity contribution in [2.24, 2.45) is 0 Å². The van der Waals surface area contributed by atoms with E-state index in [1.807, 2.05) is 6.07 Å². The molecule has 198 valence electrons. The van der Waals surface area contributed by atoms with Crippen LogP contribution in [-0.4, -0.2) is 82.6 Å². The van der Waals surface area contributed by atoms with Crippen molar-refractivity contribution in [3.8, 4) is 0 Å². The Morgan fingerprint density at radius 3 is 2.89 bits per heavy atom. The minimum absolute atomic E-state index is 0.0114. The maximum Gasteiger partial charge on any atom is 0.274 e. The Morgan fingerprint density at radius 2 is 2.16 bits per heavy atom. The lowest BCUT2D eigenvalue weighted by atomic mass is 9.89. The van der Waals surface area contributed by atoms with Crippen LogP contribution in [0.3, 0.4) is 0 Å². The first-order chi connectivity index (χ1) is 18.0. The number of fused-ring (bicyclic) bond motifs is 1. The minimum atomic E-state index is -0.395. The molecular weight excluding hydrogens is 479 g/mol. The number of nitrogens with zero attached hydrogens (tertiary/aromatic N) is 5. The van der Waals surface area contributed by atoms with Gasteiger partial charge in [0, 0.05) is 45.6 Å². The van der Waals surface area contributed by atoms with Crippen molar-refractivity contribution in [3.63, 3.8) is 0 Å². The summed E-state index contributed by atoms with van der Waals surface area (Å²) in [5.41, 5.74) is 0.893. The van der Waals surface area contributed by atoms with Gasteiger partial charge in [-0.25, -0.2) is 9.37 Å². The Bertz CT molecular complexity index is 1320. The Morgan fingerprint density at radius 1 is 1.30 bits per heavy atom. The first-order valence-corrected chi connectivity index (χ1v) is 12.7. The molecule has 2 fully saturated rings. The number of carbonyl (C=O) groups is 1. The summed E-state index contributed by atoms with van der Waals surface area (Å²) in [6, 6.07) is 5.19. The minimum Gasteiger partial charge on any atom is -0.379 e. The van der Waals surface area contributed by atoms with Gasteiger partial charge in [0.05, 0.1) is 18.3 Å². The third kappa shape index (κ3) is 5.03. The molecule has 5 rings (SSSR count). The van der Waals surface area contributed by atoms with Crippen molar-refractivity contribution in [2.45, 2.75) is 43.9 Å². The Labute approximate surface area is 214 Å². The van der Waals surface area contributed by atoms with E-state index in [9.17, 15) is 14.0 Å². The number of carbonyl (C=O) groups excluding carboxylic acids is 1.